The lowest BCUT2D eigenvalue weighted by Crippen LogP contribution is -2.37. The number of hydrogen-bond acceptors (Lipinski definition) is 3. The molecule has 0 spiro atoms. The van der Waals surface area contributed by atoms with Crippen molar-refractivity contribution >= 4 is 16.9 Å². The van der Waals surface area contributed by atoms with Crippen molar-refractivity contribution in [2.24, 2.45) is 16.8 Å². The van der Waals surface area contributed by atoms with E-state index in [-0.39, 0.29) is 0 Å². The van der Waals surface area contributed by atoms with E-state index in [0.29, 0.717) is 11.3 Å². The molecule has 1 aliphatic heterocycles. The SMILES string of the molecule is CC(C)C1CN=C(NC(C)C2CCCCC2)S1. The summed E-state index contributed by atoms with van der Waals surface area (Å²) in [4.78, 5) is 4.64. The molecule has 2 atom stereocenters. The first-order valence-electron chi connectivity index (χ1n) is 7.14. The molecule has 98 valence electrons. The summed E-state index contributed by atoms with van der Waals surface area (Å²) in [7, 11) is 0. The largest absolute Gasteiger partial charge is 0.362 e. The number of nitrogens with one attached hydrogen (secondary N) is 1. The Bertz CT molecular complexity index is 269. The van der Waals surface area contributed by atoms with E-state index >= 15 is 0 Å². The molecule has 0 bridgehead atoms. The fourth-order valence-corrected chi connectivity index (χ4v) is 3.88. The van der Waals surface area contributed by atoms with Crippen LogP contribution in [0.15, 0.2) is 4.99 Å². The van der Waals surface area contributed by atoms with E-state index in [0.717, 1.165) is 18.4 Å². The first-order chi connectivity index (χ1) is 8.16. The predicted octanol–water partition coefficient (Wildman–Crippen LogP) is 3.67. The van der Waals surface area contributed by atoms with Gasteiger partial charge in [-0.15, -0.1) is 0 Å². The molecule has 1 saturated carbocycles. The molecule has 2 rings (SSSR count). The van der Waals surface area contributed by atoms with Gasteiger partial charge in [-0.25, -0.2) is 0 Å². The average molecular weight is 254 g/mol. The zero-order valence-electron chi connectivity index (χ0n) is 11.4. The van der Waals surface area contributed by atoms with Crippen molar-refractivity contribution in [3.05, 3.63) is 0 Å². The highest BCUT2D eigenvalue weighted by molar-refractivity contribution is 8.14. The number of hydrogen-bond donors (Lipinski definition) is 1. The van der Waals surface area contributed by atoms with Crippen molar-refractivity contribution < 1.29 is 0 Å². The van der Waals surface area contributed by atoms with Crippen LogP contribution in [0.25, 0.3) is 0 Å². The number of rotatable bonds is 3. The number of aliphatic imine (C=N–C) groups is 1. The molecular weight excluding hydrogens is 228 g/mol. The van der Waals surface area contributed by atoms with Crippen LogP contribution in [0.1, 0.15) is 52.9 Å². The van der Waals surface area contributed by atoms with E-state index in [4.69, 9.17) is 0 Å². The summed E-state index contributed by atoms with van der Waals surface area (Å²) in [6.07, 6.45) is 7.09. The Morgan fingerprint density at radius 3 is 2.47 bits per heavy atom. The lowest BCUT2D eigenvalue weighted by molar-refractivity contribution is 0.302. The zero-order valence-corrected chi connectivity index (χ0v) is 12.2. The first kappa shape index (κ1) is 13.3. The molecule has 2 aliphatic rings. The van der Waals surface area contributed by atoms with Crippen molar-refractivity contribution in [1.29, 1.82) is 0 Å². The Hall–Kier alpha value is -0.180. The van der Waals surface area contributed by atoms with Crippen LogP contribution in [0, 0.1) is 11.8 Å². The van der Waals surface area contributed by atoms with Gasteiger partial charge < -0.3 is 5.32 Å². The van der Waals surface area contributed by atoms with Crippen molar-refractivity contribution in [1.82, 2.24) is 5.32 Å². The second kappa shape index (κ2) is 6.12. The Morgan fingerprint density at radius 1 is 1.18 bits per heavy atom. The van der Waals surface area contributed by atoms with E-state index in [1.165, 1.54) is 37.3 Å². The van der Waals surface area contributed by atoms with Gasteiger partial charge in [-0.1, -0.05) is 44.9 Å². The number of thioether (sulfide) groups is 1. The fourth-order valence-electron chi connectivity index (χ4n) is 2.76. The summed E-state index contributed by atoms with van der Waals surface area (Å²) in [6.45, 7) is 7.92. The first-order valence-corrected chi connectivity index (χ1v) is 8.02. The van der Waals surface area contributed by atoms with Gasteiger partial charge in [0.2, 0.25) is 0 Å². The molecule has 2 nitrogen and oxygen atoms in total. The Balaban J connectivity index is 1.77. The minimum atomic E-state index is 0.604. The summed E-state index contributed by atoms with van der Waals surface area (Å²) < 4.78 is 0. The monoisotopic (exact) mass is 254 g/mol. The van der Waals surface area contributed by atoms with Crippen LogP contribution in [0.2, 0.25) is 0 Å². The van der Waals surface area contributed by atoms with Crippen LogP contribution in [0.3, 0.4) is 0 Å². The zero-order chi connectivity index (χ0) is 12.3. The van der Waals surface area contributed by atoms with Crippen molar-refractivity contribution in [2.45, 2.75) is 64.2 Å². The summed E-state index contributed by atoms with van der Waals surface area (Å²) in [5, 5.41) is 5.53. The van der Waals surface area contributed by atoms with Gasteiger partial charge in [-0.2, -0.15) is 0 Å². The third kappa shape index (κ3) is 3.64. The number of nitrogens with zero attached hydrogens (tertiary/aromatic N) is 1. The fraction of sp³-hybridized carbons (Fsp3) is 0.929. The minimum absolute atomic E-state index is 0.604. The Kier molecular flexibility index (Phi) is 4.78. The highest BCUT2D eigenvalue weighted by Gasteiger charge is 2.26. The topological polar surface area (TPSA) is 24.4 Å². The van der Waals surface area contributed by atoms with Gasteiger partial charge in [0.15, 0.2) is 5.17 Å². The van der Waals surface area contributed by atoms with E-state index in [1.807, 2.05) is 11.8 Å². The van der Waals surface area contributed by atoms with Crippen LogP contribution in [0.5, 0.6) is 0 Å². The van der Waals surface area contributed by atoms with Crippen LogP contribution >= 0.6 is 11.8 Å². The molecule has 0 aromatic heterocycles. The van der Waals surface area contributed by atoms with E-state index in [9.17, 15) is 0 Å². The van der Waals surface area contributed by atoms with E-state index in [2.05, 4.69) is 31.1 Å². The lowest BCUT2D eigenvalue weighted by atomic mass is 9.85. The molecule has 3 heteroatoms. The van der Waals surface area contributed by atoms with Crippen LogP contribution in [-0.4, -0.2) is 23.0 Å². The van der Waals surface area contributed by atoms with Crippen molar-refractivity contribution in [3.8, 4) is 0 Å². The maximum absolute atomic E-state index is 4.64. The van der Waals surface area contributed by atoms with E-state index < -0.39 is 0 Å². The van der Waals surface area contributed by atoms with Crippen molar-refractivity contribution in [2.75, 3.05) is 6.54 Å². The molecule has 1 heterocycles. The quantitative estimate of drug-likeness (QED) is 0.831. The van der Waals surface area contributed by atoms with Gasteiger partial charge in [-0.3, -0.25) is 4.99 Å². The second-order valence-electron chi connectivity index (χ2n) is 5.88. The molecule has 2 unspecified atom stereocenters. The summed E-state index contributed by atoms with van der Waals surface area (Å²) in [5.74, 6) is 1.60. The molecular formula is C14H26N2S. The van der Waals surface area contributed by atoms with Crippen LogP contribution in [-0.2, 0) is 0 Å². The van der Waals surface area contributed by atoms with Gasteiger partial charge in [-0.05, 0) is 31.6 Å². The third-order valence-electron chi connectivity index (χ3n) is 4.13. The lowest BCUT2D eigenvalue weighted by Gasteiger charge is -2.28. The van der Waals surface area contributed by atoms with Gasteiger partial charge >= 0.3 is 0 Å². The second-order valence-corrected chi connectivity index (χ2v) is 7.11. The summed E-state index contributed by atoms with van der Waals surface area (Å²) in [6, 6.07) is 0.604. The molecule has 1 N–H and O–H groups in total. The summed E-state index contributed by atoms with van der Waals surface area (Å²) in [5.41, 5.74) is 0. The molecule has 0 aromatic rings. The van der Waals surface area contributed by atoms with Crippen LogP contribution in [0.4, 0.5) is 0 Å². The highest BCUT2D eigenvalue weighted by atomic mass is 32.2. The molecule has 1 fully saturated rings. The van der Waals surface area contributed by atoms with Crippen molar-refractivity contribution in [3.63, 3.8) is 0 Å². The Labute approximate surface area is 110 Å². The maximum atomic E-state index is 4.64. The van der Waals surface area contributed by atoms with Gasteiger partial charge in [0.1, 0.15) is 0 Å². The average Bonchev–Trinajstić information content (AvgIpc) is 2.79. The van der Waals surface area contributed by atoms with E-state index in [1.54, 1.807) is 0 Å². The molecule has 0 saturated heterocycles. The van der Waals surface area contributed by atoms with Gasteiger partial charge in [0.25, 0.3) is 0 Å². The Morgan fingerprint density at radius 2 is 1.88 bits per heavy atom. The smallest absolute Gasteiger partial charge is 0.157 e. The highest BCUT2D eigenvalue weighted by Crippen LogP contribution is 2.29. The molecule has 0 aromatic carbocycles. The standard InChI is InChI=1S/C14H26N2S/c1-10(2)13-9-15-14(17-13)16-11(3)12-7-5-4-6-8-12/h10-13H,4-9H2,1-3H3,(H,15,16). The summed E-state index contributed by atoms with van der Waals surface area (Å²) >= 11 is 1.95. The van der Waals surface area contributed by atoms with Gasteiger partial charge in [0, 0.05) is 11.3 Å². The third-order valence-corrected chi connectivity index (χ3v) is 5.60. The normalized spacial score (nSPS) is 28.2. The van der Waals surface area contributed by atoms with Gasteiger partial charge in [0.05, 0.1) is 6.54 Å². The van der Waals surface area contributed by atoms with Crippen LogP contribution < -0.4 is 5.32 Å². The predicted molar refractivity (Wildman–Crippen MR) is 77.7 cm³/mol. The minimum Gasteiger partial charge on any atom is -0.362 e. The molecule has 1 aliphatic carbocycles. The maximum Gasteiger partial charge on any atom is 0.157 e. The number of amidine groups is 1. The molecule has 0 amide bonds. The molecule has 17 heavy (non-hydrogen) atoms. The molecule has 0 radical (unpaired) electrons.